The van der Waals surface area contributed by atoms with Crippen LogP contribution in [0.3, 0.4) is 0 Å². The minimum atomic E-state index is -2.47. The predicted molar refractivity (Wildman–Crippen MR) is 103 cm³/mol. The average molecular weight is 359 g/mol. The molecule has 0 amide bonds. The normalized spacial score (nSPS) is 29.5. The highest BCUT2D eigenvalue weighted by Crippen LogP contribution is 2.53. The van der Waals surface area contributed by atoms with Crippen molar-refractivity contribution in [2.24, 2.45) is 5.92 Å². The van der Waals surface area contributed by atoms with E-state index in [1.807, 2.05) is 6.66 Å². The SMILES string of the molecule is CCCCC(CC)C1OC(=O)CCCCCCCCCCP1(C)=O. The summed E-state index contributed by atoms with van der Waals surface area (Å²) in [7, 11) is -2.47. The molecule has 0 aliphatic carbocycles. The summed E-state index contributed by atoms with van der Waals surface area (Å²) >= 11 is 0. The standard InChI is InChI=1S/C20H39O3P/c1-4-6-15-18(5-2)20-23-19(21)16-13-11-9-7-8-10-12-14-17-24(20,3)22/h18,20H,4-17H2,1-3H3. The van der Waals surface area contributed by atoms with Gasteiger partial charge in [0, 0.05) is 18.5 Å². The van der Waals surface area contributed by atoms with Crippen molar-refractivity contribution in [1.29, 1.82) is 0 Å². The Morgan fingerprint density at radius 1 is 1.04 bits per heavy atom. The number of hydrogen-bond donors (Lipinski definition) is 0. The molecule has 1 aliphatic rings. The third-order valence-electron chi connectivity index (χ3n) is 5.38. The van der Waals surface area contributed by atoms with Crippen LogP contribution in [0.4, 0.5) is 0 Å². The molecule has 0 aromatic carbocycles. The van der Waals surface area contributed by atoms with Gasteiger partial charge in [0.15, 0.2) is 5.85 Å². The van der Waals surface area contributed by atoms with Crippen LogP contribution in [0.5, 0.6) is 0 Å². The Balaban J connectivity index is 2.83. The molecule has 142 valence electrons. The minimum absolute atomic E-state index is 0.130. The second-order valence-electron chi connectivity index (χ2n) is 7.67. The van der Waals surface area contributed by atoms with Gasteiger partial charge < -0.3 is 9.30 Å². The third kappa shape index (κ3) is 8.19. The van der Waals surface area contributed by atoms with Gasteiger partial charge in [-0.25, -0.2) is 0 Å². The molecule has 4 heteroatoms. The van der Waals surface area contributed by atoms with Crippen LogP contribution in [0.1, 0.15) is 97.3 Å². The van der Waals surface area contributed by atoms with Gasteiger partial charge in [-0.2, -0.15) is 0 Å². The number of carbonyl (C=O) groups excluding carboxylic acids is 1. The Morgan fingerprint density at radius 2 is 1.62 bits per heavy atom. The highest BCUT2D eigenvalue weighted by Gasteiger charge is 2.36. The summed E-state index contributed by atoms with van der Waals surface area (Å²) in [6.45, 7) is 6.20. The molecule has 1 fully saturated rings. The van der Waals surface area contributed by atoms with Crippen molar-refractivity contribution in [3.63, 3.8) is 0 Å². The van der Waals surface area contributed by atoms with Gasteiger partial charge in [0.1, 0.15) is 7.14 Å². The fraction of sp³-hybridized carbons (Fsp3) is 0.950. The minimum Gasteiger partial charge on any atom is -0.454 e. The summed E-state index contributed by atoms with van der Waals surface area (Å²) < 4.78 is 19.2. The molecule has 0 radical (unpaired) electrons. The van der Waals surface area contributed by atoms with Crippen molar-refractivity contribution >= 4 is 13.1 Å². The summed E-state index contributed by atoms with van der Waals surface area (Å²) in [5.41, 5.74) is 0. The van der Waals surface area contributed by atoms with E-state index in [1.165, 1.54) is 25.7 Å². The Labute approximate surface area is 149 Å². The van der Waals surface area contributed by atoms with Gasteiger partial charge in [0.05, 0.1) is 0 Å². The smallest absolute Gasteiger partial charge is 0.306 e. The summed E-state index contributed by atoms with van der Waals surface area (Å²) in [6.07, 6.45) is 14.6. The number of unbranched alkanes of at least 4 members (excludes halogenated alkanes) is 1. The number of ether oxygens (including phenoxy) is 1. The van der Waals surface area contributed by atoms with E-state index in [0.29, 0.717) is 6.42 Å². The van der Waals surface area contributed by atoms with Crippen LogP contribution in [0.25, 0.3) is 0 Å². The molecule has 0 bridgehead atoms. The van der Waals surface area contributed by atoms with Crippen LogP contribution in [-0.4, -0.2) is 24.6 Å². The van der Waals surface area contributed by atoms with E-state index in [4.69, 9.17) is 4.74 Å². The molecule has 0 saturated carbocycles. The van der Waals surface area contributed by atoms with Crippen molar-refractivity contribution in [3.05, 3.63) is 0 Å². The van der Waals surface area contributed by atoms with Crippen molar-refractivity contribution in [2.75, 3.05) is 12.8 Å². The Bertz CT molecular complexity index is 394. The Hall–Kier alpha value is -0.300. The van der Waals surface area contributed by atoms with Gasteiger partial charge in [-0.05, 0) is 32.3 Å². The van der Waals surface area contributed by atoms with Gasteiger partial charge in [-0.1, -0.05) is 65.2 Å². The van der Waals surface area contributed by atoms with E-state index in [0.717, 1.165) is 57.5 Å². The maximum Gasteiger partial charge on any atom is 0.306 e. The highest BCUT2D eigenvalue weighted by molar-refractivity contribution is 7.63. The third-order valence-corrected chi connectivity index (χ3v) is 8.19. The molecule has 1 rings (SSSR count). The van der Waals surface area contributed by atoms with Crippen LogP contribution in [0.15, 0.2) is 0 Å². The van der Waals surface area contributed by atoms with Gasteiger partial charge in [0.2, 0.25) is 0 Å². The van der Waals surface area contributed by atoms with Gasteiger partial charge in [-0.15, -0.1) is 0 Å². The lowest BCUT2D eigenvalue weighted by Crippen LogP contribution is -2.28. The number of esters is 1. The van der Waals surface area contributed by atoms with Crippen LogP contribution in [0.2, 0.25) is 0 Å². The summed E-state index contributed by atoms with van der Waals surface area (Å²) in [5.74, 6) is -0.240. The van der Waals surface area contributed by atoms with E-state index in [1.54, 1.807) is 0 Å². The average Bonchev–Trinajstić information content (AvgIpc) is 2.55. The first-order valence-corrected chi connectivity index (χ1v) is 12.7. The number of cyclic esters (lactones) is 1. The van der Waals surface area contributed by atoms with Crippen LogP contribution >= 0.6 is 7.14 Å². The molecule has 0 N–H and O–H groups in total. The van der Waals surface area contributed by atoms with Crippen LogP contribution < -0.4 is 0 Å². The lowest BCUT2D eigenvalue weighted by molar-refractivity contribution is -0.147. The molecule has 0 aromatic heterocycles. The van der Waals surface area contributed by atoms with Gasteiger partial charge >= 0.3 is 5.97 Å². The number of carbonyl (C=O) groups is 1. The molecule has 24 heavy (non-hydrogen) atoms. The van der Waals surface area contributed by atoms with Crippen LogP contribution in [-0.2, 0) is 14.1 Å². The number of hydrogen-bond acceptors (Lipinski definition) is 3. The predicted octanol–water partition coefficient (Wildman–Crippen LogP) is 6.59. The second kappa shape index (κ2) is 12.1. The lowest BCUT2D eigenvalue weighted by Gasteiger charge is -2.31. The molecule has 1 saturated heterocycles. The molecule has 1 aliphatic heterocycles. The first-order valence-electron chi connectivity index (χ1n) is 10.3. The summed E-state index contributed by atoms with van der Waals surface area (Å²) in [6, 6.07) is 0. The lowest BCUT2D eigenvalue weighted by atomic mass is 10.00. The zero-order chi connectivity index (χ0) is 17.8. The van der Waals surface area contributed by atoms with E-state index < -0.39 is 7.14 Å². The van der Waals surface area contributed by atoms with E-state index >= 15 is 0 Å². The van der Waals surface area contributed by atoms with Gasteiger partial charge in [-0.3, -0.25) is 4.79 Å². The number of rotatable bonds is 5. The molecule has 0 aromatic rings. The quantitative estimate of drug-likeness (QED) is 0.411. The monoisotopic (exact) mass is 358 g/mol. The first-order chi connectivity index (χ1) is 11.5. The molecule has 1 heterocycles. The first kappa shape index (κ1) is 21.7. The summed E-state index contributed by atoms with van der Waals surface area (Å²) in [4.78, 5) is 12.3. The van der Waals surface area contributed by atoms with Crippen molar-refractivity contribution in [3.8, 4) is 0 Å². The van der Waals surface area contributed by atoms with Crippen molar-refractivity contribution in [1.82, 2.24) is 0 Å². The maximum atomic E-state index is 13.4. The largest absolute Gasteiger partial charge is 0.454 e. The molecular formula is C20H39O3P. The maximum absolute atomic E-state index is 13.4. The highest BCUT2D eigenvalue weighted by atomic mass is 31.2. The van der Waals surface area contributed by atoms with Crippen LogP contribution in [0, 0.1) is 5.92 Å². The van der Waals surface area contributed by atoms with E-state index in [-0.39, 0.29) is 17.7 Å². The molecule has 3 unspecified atom stereocenters. The van der Waals surface area contributed by atoms with Crippen molar-refractivity contribution < 1.29 is 14.1 Å². The molecule has 3 atom stereocenters. The fourth-order valence-electron chi connectivity index (χ4n) is 3.74. The van der Waals surface area contributed by atoms with E-state index in [2.05, 4.69) is 13.8 Å². The molecule has 3 nitrogen and oxygen atoms in total. The molecular weight excluding hydrogens is 319 g/mol. The Morgan fingerprint density at radius 3 is 2.21 bits per heavy atom. The Kier molecular flexibility index (Phi) is 11.0. The zero-order valence-electron chi connectivity index (χ0n) is 16.2. The summed E-state index contributed by atoms with van der Waals surface area (Å²) in [5, 5.41) is 0. The van der Waals surface area contributed by atoms with E-state index in [9.17, 15) is 9.36 Å². The zero-order valence-corrected chi connectivity index (χ0v) is 17.1. The fourth-order valence-corrected chi connectivity index (χ4v) is 6.44. The topological polar surface area (TPSA) is 43.4 Å². The van der Waals surface area contributed by atoms with Gasteiger partial charge in [0.25, 0.3) is 0 Å². The van der Waals surface area contributed by atoms with Crippen molar-refractivity contribution in [2.45, 2.75) is 103 Å². The second-order valence-corrected chi connectivity index (χ2v) is 11.0. The molecule has 0 spiro atoms.